The normalized spacial score (nSPS) is 34.4. The Bertz CT molecular complexity index is 183. The van der Waals surface area contributed by atoms with Crippen molar-refractivity contribution in [3.63, 3.8) is 0 Å². The van der Waals surface area contributed by atoms with E-state index in [2.05, 4.69) is 35.4 Å². The van der Waals surface area contributed by atoms with Crippen molar-refractivity contribution >= 4 is 6.21 Å². The first kappa shape index (κ1) is 5.66. The Hall–Kier alpha value is -1.11. The van der Waals surface area contributed by atoms with Crippen molar-refractivity contribution in [1.82, 2.24) is 0 Å². The summed E-state index contributed by atoms with van der Waals surface area (Å²) < 4.78 is 0. The number of hydrogen-bond donors (Lipinski definition) is 0. The van der Waals surface area contributed by atoms with E-state index in [0.29, 0.717) is 11.8 Å². The summed E-state index contributed by atoms with van der Waals surface area (Å²) >= 11 is 0. The van der Waals surface area contributed by atoms with Crippen molar-refractivity contribution in [3.8, 4) is 0 Å². The zero-order valence-electron chi connectivity index (χ0n) is 5.64. The lowest BCUT2D eigenvalue weighted by atomic mass is 9.88. The van der Waals surface area contributed by atoms with Crippen molar-refractivity contribution in [2.75, 3.05) is 0 Å². The Labute approximate surface area is 60.5 Å². The lowest BCUT2D eigenvalue weighted by Gasteiger charge is -2.18. The number of aliphatic imine (C=N–C) groups is 1. The summed E-state index contributed by atoms with van der Waals surface area (Å²) in [4.78, 5) is 4.07. The third kappa shape index (κ3) is 0.838. The standard InChI is InChI=1S/C9H9N/c1-2-4-9-7-10-6-5-8(9)3-1/h1-9H. The third-order valence-corrected chi connectivity index (χ3v) is 1.87. The highest BCUT2D eigenvalue weighted by molar-refractivity contribution is 5.67. The average molecular weight is 131 g/mol. The van der Waals surface area contributed by atoms with Gasteiger partial charge in [-0.1, -0.05) is 30.4 Å². The van der Waals surface area contributed by atoms with Crippen LogP contribution in [0.5, 0.6) is 0 Å². The summed E-state index contributed by atoms with van der Waals surface area (Å²) in [5, 5.41) is 0. The second-order valence-electron chi connectivity index (χ2n) is 2.56. The zero-order chi connectivity index (χ0) is 6.81. The number of rotatable bonds is 0. The molecule has 0 spiro atoms. The molecule has 1 heteroatoms. The van der Waals surface area contributed by atoms with Crippen molar-refractivity contribution in [1.29, 1.82) is 0 Å². The van der Waals surface area contributed by atoms with Gasteiger partial charge in [-0.15, -0.1) is 0 Å². The van der Waals surface area contributed by atoms with Gasteiger partial charge < -0.3 is 0 Å². The van der Waals surface area contributed by atoms with Gasteiger partial charge in [-0.2, -0.15) is 0 Å². The first-order valence-electron chi connectivity index (χ1n) is 3.52. The Morgan fingerprint density at radius 1 is 0.900 bits per heavy atom. The van der Waals surface area contributed by atoms with Crippen LogP contribution in [0.4, 0.5) is 0 Å². The predicted molar refractivity (Wildman–Crippen MR) is 42.9 cm³/mol. The second kappa shape index (κ2) is 2.25. The Balaban J connectivity index is 2.28. The van der Waals surface area contributed by atoms with E-state index in [4.69, 9.17) is 0 Å². The van der Waals surface area contributed by atoms with Crippen LogP contribution in [0.15, 0.2) is 41.6 Å². The number of fused-ring (bicyclic) bond motifs is 1. The molecule has 2 rings (SSSR count). The molecule has 1 heterocycles. The molecule has 1 aliphatic carbocycles. The van der Waals surface area contributed by atoms with Gasteiger partial charge in [0, 0.05) is 24.3 Å². The maximum absolute atomic E-state index is 4.07. The van der Waals surface area contributed by atoms with E-state index >= 15 is 0 Å². The SMILES string of the molecule is C1=CC2C=CN=CC2C=C1. The summed E-state index contributed by atoms with van der Waals surface area (Å²) in [5.74, 6) is 1.07. The van der Waals surface area contributed by atoms with Crippen molar-refractivity contribution in [2.24, 2.45) is 16.8 Å². The molecule has 1 nitrogen and oxygen atoms in total. The topological polar surface area (TPSA) is 12.4 Å². The van der Waals surface area contributed by atoms with Gasteiger partial charge >= 0.3 is 0 Å². The molecule has 0 N–H and O–H groups in total. The quantitative estimate of drug-likeness (QED) is 0.476. The molecular weight excluding hydrogens is 122 g/mol. The Morgan fingerprint density at radius 3 is 2.50 bits per heavy atom. The van der Waals surface area contributed by atoms with E-state index in [-0.39, 0.29) is 0 Å². The van der Waals surface area contributed by atoms with E-state index < -0.39 is 0 Å². The van der Waals surface area contributed by atoms with Gasteiger partial charge in [-0.3, -0.25) is 4.99 Å². The Kier molecular flexibility index (Phi) is 1.28. The minimum atomic E-state index is 0.509. The average Bonchev–Trinajstić information content (AvgIpc) is 2.05. The highest BCUT2D eigenvalue weighted by Gasteiger charge is 2.14. The van der Waals surface area contributed by atoms with Crippen LogP contribution in [0.1, 0.15) is 0 Å². The minimum absolute atomic E-state index is 0.509. The summed E-state index contributed by atoms with van der Waals surface area (Å²) in [7, 11) is 0. The molecule has 2 atom stereocenters. The summed E-state index contributed by atoms with van der Waals surface area (Å²) in [5.41, 5.74) is 0. The van der Waals surface area contributed by atoms with Gasteiger partial charge in [0.25, 0.3) is 0 Å². The fraction of sp³-hybridized carbons (Fsp3) is 0.222. The van der Waals surface area contributed by atoms with Crippen molar-refractivity contribution < 1.29 is 0 Å². The molecule has 0 aromatic heterocycles. The monoisotopic (exact) mass is 131 g/mol. The molecule has 0 aromatic rings. The second-order valence-corrected chi connectivity index (χ2v) is 2.56. The van der Waals surface area contributed by atoms with Gasteiger partial charge in [0.2, 0.25) is 0 Å². The van der Waals surface area contributed by atoms with Gasteiger partial charge in [-0.25, -0.2) is 0 Å². The highest BCUT2D eigenvalue weighted by Crippen LogP contribution is 2.21. The first-order chi connectivity index (χ1) is 4.97. The van der Waals surface area contributed by atoms with Crippen molar-refractivity contribution in [2.45, 2.75) is 0 Å². The van der Waals surface area contributed by atoms with E-state index in [9.17, 15) is 0 Å². The van der Waals surface area contributed by atoms with Crippen LogP contribution in [0.3, 0.4) is 0 Å². The van der Waals surface area contributed by atoms with Crippen LogP contribution < -0.4 is 0 Å². The molecule has 0 bridgehead atoms. The highest BCUT2D eigenvalue weighted by atomic mass is 14.7. The van der Waals surface area contributed by atoms with E-state index in [1.807, 2.05) is 12.4 Å². The van der Waals surface area contributed by atoms with Crippen LogP contribution >= 0.6 is 0 Å². The molecule has 0 fully saturated rings. The smallest absolute Gasteiger partial charge is 0.0230 e. The number of nitrogens with zero attached hydrogens (tertiary/aromatic N) is 1. The van der Waals surface area contributed by atoms with E-state index in [1.54, 1.807) is 0 Å². The molecule has 0 saturated heterocycles. The molecule has 2 aliphatic rings. The van der Waals surface area contributed by atoms with Crippen LogP contribution in [0.2, 0.25) is 0 Å². The largest absolute Gasteiger partial charge is 0.269 e. The molecule has 0 amide bonds. The van der Waals surface area contributed by atoms with Gasteiger partial charge in [-0.05, 0) is 0 Å². The zero-order valence-corrected chi connectivity index (χ0v) is 5.64. The fourth-order valence-electron chi connectivity index (χ4n) is 1.28. The van der Waals surface area contributed by atoms with Gasteiger partial charge in [0.15, 0.2) is 0 Å². The van der Waals surface area contributed by atoms with Crippen LogP contribution in [-0.2, 0) is 0 Å². The third-order valence-electron chi connectivity index (χ3n) is 1.87. The molecule has 0 aromatic carbocycles. The van der Waals surface area contributed by atoms with Gasteiger partial charge in [0.1, 0.15) is 0 Å². The first-order valence-corrected chi connectivity index (χ1v) is 3.52. The molecule has 2 unspecified atom stereocenters. The van der Waals surface area contributed by atoms with Crippen LogP contribution in [0.25, 0.3) is 0 Å². The van der Waals surface area contributed by atoms with Gasteiger partial charge in [0.05, 0.1) is 0 Å². The molecule has 1 aliphatic heterocycles. The molecule has 0 radical (unpaired) electrons. The molecule has 50 valence electrons. The number of hydrogen-bond acceptors (Lipinski definition) is 1. The Morgan fingerprint density at radius 2 is 1.70 bits per heavy atom. The van der Waals surface area contributed by atoms with Crippen LogP contribution in [0, 0.1) is 11.8 Å². The maximum Gasteiger partial charge on any atom is 0.0230 e. The molecular formula is C9H9N. The molecule has 10 heavy (non-hydrogen) atoms. The van der Waals surface area contributed by atoms with Crippen LogP contribution in [-0.4, -0.2) is 6.21 Å². The molecule has 0 saturated carbocycles. The summed E-state index contributed by atoms with van der Waals surface area (Å²) in [6.07, 6.45) is 14.5. The maximum atomic E-state index is 4.07. The fourth-order valence-corrected chi connectivity index (χ4v) is 1.28. The lowest BCUT2D eigenvalue weighted by Crippen LogP contribution is -2.13. The predicted octanol–water partition coefficient (Wildman–Crippen LogP) is 1.94. The van der Waals surface area contributed by atoms with Crippen molar-refractivity contribution in [3.05, 3.63) is 36.6 Å². The summed E-state index contributed by atoms with van der Waals surface area (Å²) in [6.45, 7) is 0. The van der Waals surface area contributed by atoms with E-state index in [0.717, 1.165) is 0 Å². The number of allylic oxidation sites excluding steroid dienone is 5. The summed E-state index contributed by atoms with van der Waals surface area (Å²) in [6, 6.07) is 0. The van der Waals surface area contributed by atoms with E-state index in [1.165, 1.54) is 0 Å². The lowest BCUT2D eigenvalue weighted by molar-refractivity contribution is 0.704. The minimum Gasteiger partial charge on any atom is -0.269 e.